The standard InChI is InChI=1S/C21H29ClO3/c1-2-3-13-23-14-15-24-16-17-25-21(18-22)11-9-20(10-12-21)19-7-5-4-6-8-19/h4-11H,2-3,12-18H2,1H3. The molecule has 0 bridgehead atoms. The molecule has 4 heteroatoms. The molecule has 1 aromatic rings. The number of unbranched alkanes of at least 4 members (excludes halogenated alkanes) is 1. The average molecular weight is 365 g/mol. The van der Waals surface area contributed by atoms with Crippen LogP contribution < -0.4 is 0 Å². The van der Waals surface area contributed by atoms with Gasteiger partial charge in [0.05, 0.1) is 32.3 Å². The Bertz CT molecular complexity index is 541. The second-order valence-corrected chi connectivity index (χ2v) is 6.46. The minimum absolute atomic E-state index is 0.430. The maximum atomic E-state index is 6.18. The van der Waals surface area contributed by atoms with E-state index in [9.17, 15) is 0 Å². The Morgan fingerprint density at radius 1 is 1.00 bits per heavy atom. The zero-order valence-corrected chi connectivity index (χ0v) is 15.8. The van der Waals surface area contributed by atoms with Crippen LogP contribution in [-0.4, -0.2) is 44.5 Å². The third kappa shape index (κ3) is 6.95. The number of hydrogen-bond donors (Lipinski definition) is 0. The Labute approximate surface area is 156 Å². The lowest BCUT2D eigenvalue weighted by Gasteiger charge is -2.30. The van der Waals surface area contributed by atoms with Crippen molar-refractivity contribution in [2.24, 2.45) is 0 Å². The van der Waals surface area contributed by atoms with E-state index in [1.165, 1.54) is 11.1 Å². The summed E-state index contributed by atoms with van der Waals surface area (Å²) in [5.74, 6) is 0.433. The van der Waals surface area contributed by atoms with Crippen LogP contribution in [0.4, 0.5) is 0 Å². The van der Waals surface area contributed by atoms with E-state index >= 15 is 0 Å². The van der Waals surface area contributed by atoms with Crippen LogP contribution in [0.2, 0.25) is 0 Å². The lowest BCUT2D eigenvalue weighted by molar-refractivity contribution is -0.0345. The highest BCUT2D eigenvalue weighted by molar-refractivity contribution is 6.18. The monoisotopic (exact) mass is 364 g/mol. The van der Waals surface area contributed by atoms with Gasteiger partial charge in [-0.3, -0.25) is 0 Å². The number of rotatable bonds is 12. The molecule has 0 amide bonds. The fourth-order valence-corrected chi connectivity index (χ4v) is 2.90. The number of allylic oxidation sites excluding steroid dienone is 2. The summed E-state index contributed by atoms with van der Waals surface area (Å²) in [5, 5.41) is 0. The van der Waals surface area contributed by atoms with E-state index in [1.807, 2.05) is 18.2 Å². The molecule has 1 unspecified atom stereocenters. The molecule has 25 heavy (non-hydrogen) atoms. The van der Waals surface area contributed by atoms with E-state index in [0.29, 0.717) is 32.3 Å². The summed E-state index contributed by atoms with van der Waals surface area (Å²) in [6, 6.07) is 10.3. The molecule has 0 aromatic heterocycles. The van der Waals surface area contributed by atoms with Crippen molar-refractivity contribution in [2.45, 2.75) is 31.8 Å². The first-order chi connectivity index (χ1) is 12.3. The van der Waals surface area contributed by atoms with Crippen molar-refractivity contribution in [1.82, 2.24) is 0 Å². The second-order valence-electron chi connectivity index (χ2n) is 6.19. The van der Waals surface area contributed by atoms with E-state index in [2.05, 4.69) is 37.3 Å². The topological polar surface area (TPSA) is 27.7 Å². The van der Waals surface area contributed by atoms with E-state index in [0.717, 1.165) is 25.9 Å². The molecule has 0 heterocycles. The van der Waals surface area contributed by atoms with Crippen LogP contribution in [0.25, 0.3) is 5.57 Å². The lowest BCUT2D eigenvalue weighted by atomic mass is 9.90. The zero-order chi connectivity index (χ0) is 17.8. The van der Waals surface area contributed by atoms with Gasteiger partial charge in [-0.05, 0) is 17.6 Å². The predicted octanol–water partition coefficient (Wildman–Crippen LogP) is 4.86. The van der Waals surface area contributed by atoms with Gasteiger partial charge in [0.1, 0.15) is 5.60 Å². The van der Waals surface area contributed by atoms with E-state index in [4.69, 9.17) is 25.8 Å². The molecule has 1 aliphatic carbocycles. The summed E-state index contributed by atoms with van der Waals surface area (Å²) in [7, 11) is 0. The van der Waals surface area contributed by atoms with Gasteiger partial charge in [-0.15, -0.1) is 11.6 Å². The van der Waals surface area contributed by atoms with Gasteiger partial charge in [0.25, 0.3) is 0 Å². The van der Waals surface area contributed by atoms with Gasteiger partial charge in [0, 0.05) is 13.0 Å². The van der Waals surface area contributed by atoms with Crippen molar-refractivity contribution in [3.8, 4) is 0 Å². The Morgan fingerprint density at radius 2 is 1.72 bits per heavy atom. The third-order valence-corrected chi connectivity index (χ3v) is 4.65. The molecular weight excluding hydrogens is 336 g/mol. The molecule has 1 aliphatic rings. The molecule has 0 saturated heterocycles. The van der Waals surface area contributed by atoms with Crippen LogP contribution >= 0.6 is 11.6 Å². The minimum Gasteiger partial charge on any atom is -0.379 e. The van der Waals surface area contributed by atoms with Gasteiger partial charge in [0.15, 0.2) is 0 Å². The van der Waals surface area contributed by atoms with Crippen LogP contribution in [-0.2, 0) is 14.2 Å². The van der Waals surface area contributed by atoms with Gasteiger partial charge >= 0.3 is 0 Å². The van der Waals surface area contributed by atoms with Crippen molar-refractivity contribution in [1.29, 1.82) is 0 Å². The van der Waals surface area contributed by atoms with Gasteiger partial charge in [-0.1, -0.05) is 61.9 Å². The summed E-state index contributed by atoms with van der Waals surface area (Å²) in [6.45, 7) is 5.30. The van der Waals surface area contributed by atoms with Crippen molar-refractivity contribution in [2.75, 3.05) is 38.9 Å². The average Bonchev–Trinajstić information content (AvgIpc) is 2.68. The summed E-state index contributed by atoms with van der Waals surface area (Å²) in [4.78, 5) is 0. The van der Waals surface area contributed by atoms with E-state index in [1.54, 1.807) is 0 Å². The molecule has 1 aromatic carbocycles. The largest absolute Gasteiger partial charge is 0.379 e. The molecule has 0 aliphatic heterocycles. The fraction of sp³-hybridized carbons (Fsp3) is 0.524. The van der Waals surface area contributed by atoms with Crippen molar-refractivity contribution in [3.63, 3.8) is 0 Å². The maximum Gasteiger partial charge on any atom is 0.104 e. The zero-order valence-electron chi connectivity index (χ0n) is 15.1. The Kier molecular flexibility index (Phi) is 9.27. The SMILES string of the molecule is CCCCOCCOCCOC1(CCl)C=CC(c2ccccc2)=CC1. The minimum atomic E-state index is -0.430. The molecule has 0 saturated carbocycles. The van der Waals surface area contributed by atoms with Crippen LogP contribution in [0.5, 0.6) is 0 Å². The lowest BCUT2D eigenvalue weighted by Crippen LogP contribution is -2.34. The van der Waals surface area contributed by atoms with Crippen LogP contribution in [0.3, 0.4) is 0 Å². The Balaban J connectivity index is 1.67. The maximum absolute atomic E-state index is 6.18. The van der Waals surface area contributed by atoms with Crippen LogP contribution in [0.1, 0.15) is 31.7 Å². The summed E-state index contributed by atoms with van der Waals surface area (Å²) >= 11 is 6.18. The first kappa shape index (κ1) is 20.2. The number of benzene rings is 1. The number of ether oxygens (including phenoxy) is 3. The first-order valence-electron chi connectivity index (χ1n) is 9.10. The Morgan fingerprint density at radius 3 is 2.36 bits per heavy atom. The molecule has 138 valence electrons. The molecule has 1 atom stereocenters. The number of alkyl halides is 1. The first-order valence-corrected chi connectivity index (χ1v) is 9.63. The summed E-state index contributed by atoms with van der Waals surface area (Å²) in [6.07, 6.45) is 9.41. The third-order valence-electron chi connectivity index (χ3n) is 4.20. The van der Waals surface area contributed by atoms with Crippen molar-refractivity contribution < 1.29 is 14.2 Å². The van der Waals surface area contributed by atoms with Gasteiger partial charge in [-0.25, -0.2) is 0 Å². The molecule has 2 rings (SSSR count). The van der Waals surface area contributed by atoms with E-state index in [-0.39, 0.29) is 0 Å². The van der Waals surface area contributed by atoms with Crippen molar-refractivity contribution in [3.05, 3.63) is 54.1 Å². The second kappa shape index (κ2) is 11.5. The van der Waals surface area contributed by atoms with Crippen LogP contribution in [0.15, 0.2) is 48.6 Å². The molecule has 3 nitrogen and oxygen atoms in total. The molecule has 0 N–H and O–H groups in total. The van der Waals surface area contributed by atoms with Gasteiger partial charge in [-0.2, -0.15) is 0 Å². The number of hydrogen-bond acceptors (Lipinski definition) is 3. The normalized spacial score (nSPS) is 19.8. The fourth-order valence-electron chi connectivity index (χ4n) is 2.62. The molecule has 0 radical (unpaired) electrons. The molecule has 0 spiro atoms. The van der Waals surface area contributed by atoms with Crippen molar-refractivity contribution >= 4 is 17.2 Å². The molecule has 0 fully saturated rings. The highest BCUT2D eigenvalue weighted by Gasteiger charge is 2.28. The Hall–Kier alpha value is -1.13. The predicted molar refractivity (Wildman–Crippen MR) is 104 cm³/mol. The highest BCUT2D eigenvalue weighted by atomic mass is 35.5. The summed E-state index contributed by atoms with van der Waals surface area (Å²) < 4.78 is 17.0. The quantitative estimate of drug-likeness (QED) is 0.391. The van der Waals surface area contributed by atoms with Gasteiger partial charge < -0.3 is 14.2 Å². The number of halogens is 1. The molecular formula is C21H29ClO3. The van der Waals surface area contributed by atoms with E-state index < -0.39 is 5.60 Å². The van der Waals surface area contributed by atoms with Crippen LogP contribution in [0, 0.1) is 0 Å². The summed E-state index contributed by atoms with van der Waals surface area (Å²) in [5.41, 5.74) is 2.00. The highest BCUT2D eigenvalue weighted by Crippen LogP contribution is 2.30. The van der Waals surface area contributed by atoms with Gasteiger partial charge in [0.2, 0.25) is 0 Å². The smallest absolute Gasteiger partial charge is 0.104 e.